The van der Waals surface area contributed by atoms with Crippen molar-refractivity contribution in [1.29, 1.82) is 0 Å². The topological polar surface area (TPSA) is 49.4 Å². The van der Waals surface area contributed by atoms with E-state index in [1.165, 1.54) is 5.56 Å². The first-order chi connectivity index (χ1) is 17.3. The van der Waals surface area contributed by atoms with E-state index in [1.54, 1.807) is 34.9 Å². The Morgan fingerprint density at radius 3 is 2.03 bits per heavy atom. The Morgan fingerprint density at radius 2 is 1.44 bits per heavy atom. The zero-order valence-corrected chi connectivity index (χ0v) is 23.0. The van der Waals surface area contributed by atoms with E-state index >= 15 is 0 Å². The fourth-order valence-electron chi connectivity index (χ4n) is 3.86. The Kier molecular flexibility index (Phi) is 11.2. The van der Waals surface area contributed by atoms with Gasteiger partial charge in [-0.05, 0) is 37.1 Å². The van der Waals surface area contributed by atoms with Crippen LogP contribution in [0, 0.1) is 0 Å². The molecule has 2 amide bonds. The molecule has 0 bridgehead atoms. The number of nitrogens with zero attached hydrogens (tertiary/aromatic N) is 1. The van der Waals surface area contributed by atoms with Gasteiger partial charge in [0.25, 0.3) is 0 Å². The Balaban J connectivity index is 1.84. The molecule has 3 aromatic rings. The monoisotopic (exact) mass is 542 g/mol. The third kappa shape index (κ3) is 8.58. The number of thioether (sulfide) groups is 1. The van der Waals surface area contributed by atoms with Crippen molar-refractivity contribution in [2.24, 2.45) is 0 Å². The summed E-state index contributed by atoms with van der Waals surface area (Å²) in [6.07, 6.45) is 0.699. The second-order valence-electron chi connectivity index (χ2n) is 8.88. The lowest BCUT2D eigenvalue weighted by atomic mass is 10.0. The number of benzene rings is 3. The van der Waals surface area contributed by atoms with E-state index in [1.807, 2.05) is 62.4 Å². The summed E-state index contributed by atoms with van der Waals surface area (Å²) < 4.78 is 0. The van der Waals surface area contributed by atoms with E-state index in [0.717, 1.165) is 11.3 Å². The second kappa shape index (κ2) is 14.3. The number of carbonyl (C=O) groups is 2. The summed E-state index contributed by atoms with van der Waals surface area (Å²) in [6, 6.07) is 24.4. The van der Waals surface area contributed by atoms with E-state index in [0.29, 0.717) is 34.2 Å². The van der Waals surface area contributed by atoms with Gasteiger partial charge in [-0.15, -0.1) is 0 Å². The molecule has 0 unspecified atom stereocenters. The summed E-state index contributed by atoms with van der Waals surface area (Å²) >= 11 is 14.6. The highest BCUT2D eigenvalue weighted by molar-refractivity contribution is 7.98. The molecule has 0 radical (unpaired) electrons. The van der Waals surface area contributed by atoms with Gasteiger partial charge in [-0.2, -0.15) is 11.8 Å². The molecule has 0 saturated carbocycles. The summed E-state index contributed by atoms with van der Waals surface area (Å²) in [5.41, 5.74) is 2.83. The average molecular weight is 544 g/mol. The molecule has 0 spiro atoms. The summed E-state index contributed by atoms with van der Waals surface area (Å²) in [5.74, 6) is 1.17. The number of rotatable bonds is 12. The maximum Gasteiger partial charge on any atom is 0.243 e. The number of amides is 2. The van der Waals surface area contributed by atoms with Crippen molar-refractivity contribution in [2.45, 2.75) is 51.1 Å². The quantitative estimate of drug-likeness (QED) is 0.256. The van der Waals surface area contributed by atoms with E-state index in [-0.39, 0.29) is 24.4 Å². The summed E-state index contributed by atoms with van der Waals surface area (Å²) in [6.45, 7) is 3.98. The molecular weight excluding hydrogens is 511 g/mol. The molecule has 0 aromatic heterocycles. The standard InChI is InChI=1S/C29H32Cl2N2O2S/c1-21(2)32-29(35)27(18-22-10-5-3-6-11-22)33(19-24-25(30)14-9-15-26(24)31)28(34)16-17-36-20-23-12-7-4-8-13-23/h3-15,21,27H,16-20H2,1-2H3,(H,32,35)/t27-/m1/s1. The van der Waals surface area contributed by atoms with Crippen LogP contribution >= 0.6 is 35.0 Å². The first-order valence-corrected chi connectivity index (χ1v) is 13.9. The van der Waals surface area contributed by atoms with Crippen LogP contribution in [0.3, 0.4) is 0 Å². The van der Waals surface area contributed by atoms with Crippen LogP contribution in [-0.4, -0.2) is 34.6 Å². The molecule has 1 N–H and O–H groups in total. The highest BCUT2D eigenvalue weighted by atomic mass is 35.5. The first kappa shape index (κ1) is 28.1. The van der Waals surface area contributed by atoms with Gasteiger partial charge in [0.05, 0.1) is 0 Å². The lowest BCUT2D eigenvalue weighted by molar-refractivity contribution is -0.141. The predicted molar refractivity (Wildman–Crippen MR) is 151 cm³/mol. The van der Waals surface area contributed by atoms with E-state index in [2.05, 4.69) is 17.4 Å². The number of hydrogen-bond acceptors (Lipinski definition) is 3. The molecule has 0 saturated heterocycles. The molecule has 0 aliphatic rings. The fraction of sp³-hybridized carbons (Fsp3) is 0.310. The van der Waals surface area contributed by atoms with E-state index in [4.69, 9.17) is 23.2 Å². The lowest BCUT2D eigenvalue weighted by Crippen LogP contribution is -2.52. The van der Waals surface area contributed by atoms with Gasteiger partial charge in [-0.3, -0.25) is 9.59 Å². The molecule has 36 heavy (non-hydrogen) atoms. The maximum atomic E-state index is 13.6. The van der Waals surface area contributed by atoms with Crippen LogP contribution in [0.4, 0.5) is 0 Å². The largest absolute Gasteiger partial charge is 0.352 e. The highest BCUT2D eigenvalue weighted by Gasteiger charge is 2.31. The molecule has 1 atom stereocenters. The van der Waals surface area contributed by atoms with Gasteiger partial charge in [0.1, 0.15) is 6.04 Å². The second-order valence-corrected chi connectivity index (χ2v) is 10.8. The number of carbonyl (C=O) groups excluding carboxylic acids is 2. The Bertz CT molecular complexity index is 1110. The SMILES string of the molecule is CC(C)NC(=O)[C@@H](Cc1ccccc1)N(Cc1c(Cl)cccc1Cl)C(=O)CCSCc1ccccc1. The summed E-state index contributed by atoms with van der Waals surface area (Å²) in [7, 11) is 0. The highest BCUT2D eigenvalue weighted by Crippen LogP contribution is 2.28. The van der Waals surface area contributed by atoms with Crippen molar-refractivity contribution < 1.29 is 9.59 Å². The van der Waals surface area contributed by atoms with Crippen LogP contribution in [0.25, 0.3) is 0 Å². The van der Waals surface area contributed by atoms with Crippen molar-refractivity contribution in [3.8, 4) is 0 Å². The van der Waals surface area contributed by atoms with Crippen LogP contribution in [0.5, 0.6) is 0 Å². The van der Waals surface area contributed by atoms with Gasteiger partial charge in [0.2, 0.25) is 11.8 Å². The van der Waals surface area contributed by atoms with Gasteiger partial charge in [-0.25, -0.2) is 0 Å². The molecule has 190 valence electrons. The molecule has 0 aliphatic heterocycles. The zero-order valence-electron chi connectivity index (χ0n) is 20.6. The van der Waals surface area contributed by atoms with Crippen molar-refractivity contribution in [3.05, 3.63) is 106 Å². The Labute approximate surface area is 228 Å². The molecule has 3 rings (SSSR count). The third-order valence-electron chi connectivity index (χ3n) is 5.66. The van der Waals surface area contributed by atoms with Crippen LogP contribution in [0.2, 0.25) is 10.0 Å². The molecule has 0 fully saturated rings. The van der Waals surface area contributed by atoms with Crippen molar-refractivity contribution >= 4 is 46.8 Å². The van der Waals surface area contributed by atoms with Gasteiger partial charge in [0, 0.05) is 52.5 Å². The minimum Gasteiger partial charge on any atom is -0.352 e. The fourth-order valence-corrected chi connectivity index (χ4v) is 5.26. The minimum atomic E-state index is -0.700. The first-order valence-electron chi connectivity index (χ1n) is 12.0. The van der Waals surface area contributed by atoms with Gasteiger partial charge in [0.15, 0.2) is 0 Å². The molecular formula is C29H32Cl2N2O2S. The van der Waals surface area contributed by atoms with Crippen molar-refractivity contribution in [3.63, 3.8) is 0 Å². The number of halogens is 2. The van der Waals surface area contributed by atoms with Gasteiger partial charge in [-0.1, -0.05) is 89.9 Å². The third-order valence-corrected chi connectivity index (χ3v) is 7.40. The predicted octanol–water partition coefficient (Wildman–Crippen LogP) is 6.78. The van der Waals surface area contributed by atoms with Crippen LogP contribution in [0.15, 0.2) is 78.9 Å². The van der Waals surface area contributed by atoms with Crippen LogP contribution in [-0.2, 0) is 28.3 Å². The molecule has 0 aliphatic carbocycles. The minimum absolute atomic E-state index is 0.0574. The van der Waals surface area contributed by atoms with Crippen molar-refractivity contribution in [1.82, 2.24) is 10.2 Å². The number of hydrogen-bond donors (Lipinski definition) is 1. The smallest absolute Gasteiger partial charge is 0.243 e. The van der Waals surface area contributed by atoms with E-state index in [9.17, 15) is 9.59 Å². The molecule has 7 heteroatoms. The van der Waals surface area contributed by atoms with Crippen LogP contribution < -0.4 is 5.32 Å². The van der Waals surface area contributed by atoms with E-state index < -0.39 is 6.04 Å². The molecule has 0 heterocycles. The normalized spacial score (nSPS) is 11.8. The maximum absolute atomic E-state index is 13.6. The molecule has 4 nitrogen and oxygen atoms in total. The Morgan fingerprint density at radius 1 is 0.861 bits per heavy atom. The van der Waals surface area contributed by atoms with Crippen LogP contribution in [0.1, 0.15) is 37.0 Å². The van der Waals surface area contributed by atoms with Gasteiger partial charge >= 0.3 is 0 Å². The Hall–Kier alpha value is -2.47. The average Bonchev–Trinajstić information content (AvgIpc) is 2.86. The molecule has 3 aromatic carbocycles. The van der Waals surface area contributed by atoms with Gasteiger partial charge < -0.3 is 10.2 Å². The zero-order chi connectivity index (χ0) is 25.9. The summed E-state index contributed by atoms with van der Waals surface area (Å²) in [5, 5.41) is 3.95. The number of nitrogens with one attached hydrogen (secondary N) is 1. The summed E-state index contributed by atoms with van der Waals surface area (Å²) in [4.78, 5) is 28.7. The van der Waals surface area contributed by atoms with Crippen molar-refractivity contribution in [2.75, 3.05) is 5.75 Å². The lowest BCUT2D eigenvalue weighted by Gasteiger charge is -2.32.